The van der Waals surface area contributed by atoms with Crippen molar-refractivity contribution in [3.8, 4) is 11.3 Å². The molecule has 1 aromatic carbocycles. The van der Waals surface area contributed by atoms with Crippen LogP contribution >= 0.6 is 0 Å². The molecule has 0 aliphatic rings. The van der Waals surface area contributed by atoms with E-state index in [0.717, 1.165) is 22.4 Å². The summed E-state index contributed by atoms with van der Waals surface area (Å²) in [6, 6.07) is 4.27. The van der Waals surface area contributed by atoms with Gasteiger partial charge in [0.1, 0.15) is 0 Å². The van der Waals surface area contributed by atoms with Crippen LogP contribution in [0.3, 0.4) is 0 Å². The van der Waals surface area contributed by atoms with Crippen molar-refractivity contribution >= 4 is 0 Å². The van der Waals surface area contributed by atoms with Crippen molar-refractivity contribution in [2.45, 2.75) is 40.5 Å². The monoisotopic (exact) mass is 256 g/mol. The van der Waals surface area contributed by atoms with E-state index in [1.807, 2.05) is 13.8 Å². The minimum Gasteiger partial charge on any atom is -0.313 e. The molecule has 0 aliphatic heterocycles. The highest BCUT2D eigenvalue weighted by molar-refractivity contribution is 5.68. The Morgan fingerprint density at radius 2 is 1.68 bits per heavy atom. The fraction of sp³-hybridized carbons (Fsp3) is 0.375. The lowest BCUT2D eigenvalue weighted by atomic mass is 9.93. The van der Waals surface area contributed by atoms with Crippen molar-refractivity contribution < 1.29 is 0 Å². The van der Waals surface area contributed by atoms with E-state index in [9.17, 15) is 4.79 Å². The summed E-state index contributed by atoms with van der Waals surface area (Å²) >= 11 is 0. The number of hydrogen-bond acceptors (Lipinski definition) is 2. The summed E-state index contributed by atoms with van der Waals surface area (Å²) in [4.78, 5) is 19.1. The molecule has 100 valence electrons. The first-order valence-corrected chi connectivity index (χ1v) is 6.57. The standard InChI is InChI=1S/C16H20N2O/c1-9(2)14-15(17-8-18-16(14)19)13-7-11(4)10(3)6-12(13)5/h6-9H,1-5H3,(H,17,18,19). The normalized spacial score (nSPS) is 11.1. The Balaban J connectivity index is 2.76. The minimum atomic E-state index is -0.0439. The molecule has 0 unspecified atom stereocenters. The molecule has 0 amide bonds. The molecule has 1 N–H and O–H groups in total. The van der Waals surface area contributed by atoms with Gasteiger partial charge in [-0.3, -0.25) is 4.79 Å². The highest BCUT2D eigenvalue weighted by Gasteiger charge is 2.16. The summed E-state index contributed by atoms with van der Waals surface area (Å²) in [5, 5.41) is 0. The highest BCUT2D eigenvalue weighted by Crippen LogP contribution is 2.28. The number of aryl methyl sites for hydroxylation is 3. The first kappa shape index (κ1) is 13.5. The molecule has 0 radical (unpaired) electrons. The van der Waals surface area contributed by atoms with Crippen molar-refractivity contribution in [2.24, 2.45) is 0 Å². The van der Waals surface area contributed by atoms with E-state index in [1.54, 1.807) is 0 Å². The topological polar surface area (TPSA) is 45.8 Å². The van der Waals surface area contributed by atoms with Crippen molar-refractivity contribution in [3.05, 3.63) is 51.1 Å². The van der Waals surface area contributed by atoms with Crippen LogP contribution in [-0.4, -0.2) is 9.97 Å². The molecule has 0 saturated heterocycles. The van der Waals surface area contributed by atoms with Gasteiger partial charge in [0.15, 0.2) is 0 Å². The van der Waals surface area contributed by atoms with Crippen LogP contribution in [0.5, 0.6) is 0 Å². The van der Waals surface area contributed by atoms with Crippen LogP contribution < -0.4 is 5.56 Å². The van der Waals surface area contributed by atoms with Crippen molar-refractivity contribution in [1.82, 2.24) is 9.97 Å². The second kappa shape index (κ2) is 5.00. The Morgan fingerprint density at radius 1 is 1.05 bits per heavy atom. The van der Waals surface area contributed by atoms with Gasteiger partial charge in [0.2, 0.25) is 0 Å². The van der Waals surface area contributed by atoms with E-state index < -0.39 is 0 Å². The van der Waals surface area contributed by atoms with Gasteiger partial charge in [-0.1, -0.05) is 19.9 Å². The van der Waals surface area contributed by atoms with Gasteiger partial charge in [0.25, 0.3) is 5.56 Å². The third kappa shape index (κ3) is 2.46. The number of aromatic amines is 1. The van der Waals surface area contributed by atoms with Crippen molar-refractivity contribution in [2.75, 3.05) is 0 Å². The Kier molecular flexibility index (Phi) is 3.56. The van der Waals surface area contributed by atoms with Crippen LogP contribution in [0.4, 0.5) is 0 Å². The molecule has 19 heavy (non-hydrogen) atoms. The molecule has 0 atom stereocenters. The molecule has 2 aromatic rings. The van der Waals surface area contributed by atoms with Gasteiger partial charge < -0.3 is 4.98 Å². The van der Waals surface area contributed by atoms with E-state index in [1.165, 1.54) is 17.5 Å². The fourth-order valence-electron chi connectivity index (χ4n) is 2.38. The maximum atomic E-state index is 12.0. The molecule has 3 heteroatoms. The molecule has 0 spiro atoms. The lowest BCUT2D eigenvalue weighted by molar-refractivity contribution is 0.833. The number of hydrogen-bond donors (Lipinski definition) is 1. The number of benzene rings is 1. The van der Waals surface area contributed by atoms with Crippen LogP contribution in [0.2, 0.25) is 0 Å². The molecular weight excluding hydrogens is 236 g/mol. The smallest absolute Gasteiger partial charge is 0.254 e. The minimum absolute atomic E-state index is 0.0439. The van der Waals surface area contributed by atoms with Gasteiger partial charge in [-0.15, -0.1) is 0 Å². The van der Waals surface area contributed by atoms with Crippen LogP contribution in [-0.2, 0) is 0 Å². The Labute approximate surface area is 113 Å². The van der Waals surface area contributed by atoms with E-state index in [0.29, 0.717) is 0 Å². The second-order valence-electron chi connectivity index (χ2n) is 5.40. The fourth-order valence-corrected chi connectivity index (χ4v) is 2.38. The van der Waals surface area contributed by atoms with Crippen LogP contribution in [0, 0.1) is 20.8 Å². The molecule has 0 saturated carbocycles. The predicted molar refractivity (Wildman–Crippen MR) is 78.6 cm³/mol. The number of aromatic nitrogens is 2. The Morgan fingerprint density at radius 3 is 2.32 bits per heavy atom. The zero-order valence-corrected chi connectivity index (χ0v) is 12.2. The summed E-state index contributed by atoms with van der Waals surface area (Å²) in [5.74, 6) is 0.147. The maximum absolute atomic E-state index is 12.0. The summed E-state index contributed by atoms with van der Waals surface area (Å²) in [6.07, 6.45) is 1.48. The summed E-state index contributed by atoms with van der Waals surface area (Å²) < 4.78 is 0. The largest absolute Gasteiger partial charge is 0.313 e. The van der Waals surface area contributed by atoms with Gasteiger partial charge in [-0.25, -0.2) is 4.98 Å². The Hall–Kier alpha value is -1.90. The van der Waals surface area contributed by atoms with Crippen LogP contribution in [0.1, 0.15) is 42.0 Å². The van der Waals surface area contributed by atoms with E-state index in [-0.39, 0.29) is 11.5 Å². The first-order valence-electron chi connectivity index (χ1n) is 6.57. The third-order valence-electron chi connectivity index (χ3n) is 3.56. The third-order valence-corrected chi connectivity index (χ3v) is 3.56. The van der Waals surface area contributed by atoms with E-state index in [4.69, 9.17) is 0 Å². The molecule has 3 nitrogen and oxygen atoms in total. The van der Waals surface area contributed by atoms with E-state index in [2.05, 4.69) is 42.9 Å². The molecule has 1 heterocycles. The zero-order valence-electron chi connectivity index (χ0n) is 12.2. The average molecular weight is 256 g/mol. The molecular formula is C16H20N2O. The quantitative estimate of drug-likeness (QED) is 0.894. The molecule has 2 rings (SSSR count). The van der Waals surface area contributed by atoms with Crippen molar-refractivity contribution in [3.63, 3.8) is 0 Å². The summed E-state index contributed by atoms with van der Waals surface area (Å²) in [7, 11) is 0. The zero-order chi connectivity index (χ0) is 14.2. The van der Waals surface area contributed by atoms with Crippen LogP contribution in [0.25, 0.3) is 11.3 Å². The van der Waals surface area contributed by atoms with Gasteiger partial charge in [-0.05, 0) is 49.4 Å². The molecule has 0 fully saturated rings. The maximum Gasteiger partial charge on any atom is 0.254 e. The second-order valence-corrected chi connectivity index (χ2v) is 5.40. The highest BCUT2D eigenvalue weighted by atomic mass is 16.1. The first-order chi connectivity index (χ1) is 8.91. The van der Waals surface area contributed by atoms with Gasteiger partial charge in [0, 0.05) is 11.1 Å². The van der Waals surface area contributed by atoms with Gasteiger partial charge >= 0.3 is 0 Å². The van der Waals surface area contributed by atoms with Gasteiger partial charge in [0.05, 0.1) is 12.0 Å². The summed E-state index contributed by atoms with van der Waals surface area (Å²) in [6.45, 7) is 10.3. The lowest BCUT2D eigenvalue weighted by Crippen LogP contribution is -2.16. The molecule has 0 bridgehead atoms. The van der Waals surface area contributed by atoms with Crippen molar-refractivity contribution in [1.29, 1.82) is 0 Å². The van der Waals surface area contributed by atoms with Gasteiger partial charge in [-0.2, -0.15) is 0 Å². The number of H-pyrrole nitrogens is 1. The number of rotatable bonds is 2. The van der Waals surface area contributed by atoms with Crippen LogP contribution in [0.15, 0.2) is 23.3 Å². The lowest BCUT2D eigenvalue weighted by Gasteiger charge is -2.14. The average Bonchev–Trinajstić information content (AvgIpc) is 2.33. The Bertz CT molecular complexity index is 669. The van der Waals surface area contributed by atoms with E-state index >= 15 is 0 Å². The summed E-state index contributed by atoms with van der Waals surface area (Å²) in [5.41, 5.74) is 6.21. The predicted octanol–water partition coefficient (Wildman–Crippen LogP) is 3.49. The number of nitrogens with one attached hydrogen (secondary N) is 1. The molecule has 0 aliphatic carbocycles. The number of nitrogens with zero attached hydrogens (tertiary/aromatic N) is 1. The SMILES string of the molecule is Cc1cc(C)c(-c2nc[nH]c(=O)c2C(C)C)cc1C. The molecule has 1 aromatic heterocycles.